The quantitative estimate of drug-likeness (QED) is 0.501. The number of likely N-dealkylation sites (tertiary alicyclic amines) is 1. The second-order valence-electron chi connectivity index (χ2n) is 8.65. The number of hydrogen-bond donors (Lipinski definition) is 2. The van der Waals surface area contributed by atoms with Gasteiger partial charge in [-0.2, -0.15) is 0 Å². The number of nitrogens with zero attached hydrogens (tertiary/aromatic N) is 1. The Kier molecular flexibility index (Phi) is 7.53. The van der Waals surface area contributed by atoms with Crippen molar-refractivity contribution in [1.29, 1.82) is 0 Å². The summed E-state index contributed by atoms with van der Waals surface area (Å²) in [5, 5.41) is 4.42. The van der Waals surface area contributed by atoms with Crippen molar-refractivity contribution in [3.8, 4) is 0 Å². The Morgan fingerprint density at radius 1 is 1.15 bits per heavy atom. The molecule has 2 aromatic carbocycles. The van der Waals surface area contributed by atoms with E-state index in [0.717, 1.165) is 55.0 Å². The van der Waals surface area contributed by atoms with Crippen LogP contribution in [0.5, 0.6) is 0 Å². The summed E-state index contributed by atoms with van der Waals surface area (Å²) in [7, 11) is 1.69. The van der Waals surface area contributed by atoms with Crippen molar-refractivity contribution in [2.45, 2.75) is 38.3 Å². The second-order valence-corrected chi connectivity index (χ2v) is 8.65. The van der Waals surface area contributed by atoms with Gasteiger partial charge in [-0.1, -0.05) is 19.1 Å². The maximum Gasteiger partial charge on any atom is 0.251 e. The Bertz CT molecular complexity index is 1160. The minimum atomic E-state index is -0.584. The van der Waals surface area contributed by atoms with E-state index in [1.807, 2.05) is 31.2 Å². The highest BCUT2D eigenvalue weighted by molar-refractivity contribution is 5.80. The molecule has 4 rings (SSSR count). The molecular weight excluding hydrogens is 424 g/mol. The van der Waals surface area contributed by atoms with E-state index in [2.05, 4.69) is 15.2 Å². The van der Waals surface area contributed by atoms with E-state index in [-0.39, 0.29) is 11.6 Å². The molecule has 1 aliphatic rings. The predicted molar refractivity (Wildman–Crippen MR) is 127 cm³/mol. The Balaban J connectivity index is 1.68. The SMILES string of the molecule is CCc1cc2cc(C(c3ccc(F)cc3F)N3CCC(NCCOC)CC3)ccc2[nH]c1=O. The molecule has 1 aliphatic heterocycles. The van der Waals surface area contributed by atoms with Crippen LogP contribution in [-0.4, -0.2) is 49.3 Å². The summed E-state index contributed by atoms with van der Waals surface area (Å²) in [5.41, 5.74) is 2.77. The largest absolute Gasteiger partial charge is 0.383 e. The number of methoxy groups -OCH3 is 1. The second kappa shape index (κ2) is 10.5. The van der Waals surface area contributed by atoms with Gasteiger partial charge in [0.25, 0.3) is 5.56 Å². The first kappa shape index (κ1) is 23.5. The highest BCUT2D eigenvalue weighted by atomic mass is 19.1. The fourth-order valence-corrected chi connectivity index (χ4v) is 4.74. The average molecular weight is 456 g/mol. The van der Waals surface area contributed by atoms with Crippen molar-refractivity contribution in [2.75, 3.05) is 33.4 Å². The summed E-state index contributed by atoms with van der Waals surface area (Å²) < 4.78 is 33.8. The predicted octanol–water partition coefficient (Wildman–Crippen LogP) is 4.16. The fourth-order valence-electron chi connectivity index (χ4n) is 4.74. The lowest BCUT2D eigenvalue weighted by Crippen LogP contribution is -2.45. The van der Waals surface area contributed by atoms with Crippen LogP contribution in [-0.2, 0) is 11.2 Å². The Hall–Kier alpha value is -2.61. The lowest BCUT2D eigenvalue weighted by molar-refractivity contribution is 0.150. The Morgan fingerprint density at radius 3 is 2.64 bits per heavy atom. The third-order valence-corrected chi connectivity index (χ3v) is 6.53. The number of H-pyrrole nitrogens is 1. The number of hydrogen-bond acceptors (Lipinski definition) is 4. The van der Waals surface area contributed by atoms with Crippen LogP contribution >= 0.6 is 0 Å². The van der Waals surface area contributed by atoms with Gasteiger partial charge in [-0.05, 0) is 54.5 Å². The van der Waals surface area contributed by atoms with Crippen molar-refractivity contribution in [1.82, 2.24) is 15.2 Å². The summed E-state index contributed by atoms with van der Waals surface area (Å²) in [4.78, 5) is 17.4. The Labute approximate surface area is 192 Å². The van der Waals surface area contributed by atoms with Crippen LogP contribution in [0.2, 0.25) is 0 Å². The normalized spacial score (nSPS) is 16.4. The minimum absolute atomic E-state index is 0.0816. The summed E-state index contributed by atoms with van der Waals surface area (Å²) in [6.45, 7) is 5.00. The van der Waals surface area contributed by atoms with E-state index in [1.165, 1.54) is 6.07 Å². The highest BCUT2D eigenvalue weighted by Crippen LogP contribution is 2.34. The van der Waals surface area contributed by atoms with Gasteiger partial charge in [0.2, 0.25) is 0 Å². The first-order valence-electron chi connectivity index (χ1n) is 11.6. The molecule has 0 saturated carbocycles. The molecule has 0 aliphatic carbocycles. The molecule has 0 bridgehead atoms. The summed E-state index contributed by atoms with van der Waals surface area (Å²) in [5.74, 6) is -1.13. The van der Waals surface area contributed by atoms with E-state index in [0.29, 0.717) is 30.2 Å². The molecule has 1 aromatic heterocycles. The zero-order valence-corrected chi connectivity index (χ0v) is 19.2. The summed E-state index contributed by atoms with van der Waals surface area (Å²) in [6, 6.07) is 11.6. The van der Waals surface area contributed by atoms with Crippen LogP contribution in [0.25, 0.3) is 10.9 Å². The number of aromatic nitrogens is 1. The van der Waals surface area contributed by atoms with Gasteiger partial charge in [-0.15, -0.1) is 0 Å². The number of aryl methyl sites for hydroxylation is 1. The maximum atomic E-state index is 15.0. The topological polar surface area (TPSA) is 57.4 Å². The molecule has 176 valence electrons. The number of piperidine rings is 1. The molecule has 2 heterocycles. The van der Waals surface area contributed by atoms with Gasteiger partial charge < -0.3 is 15.0 Å². The summed E-state index contributed by atoms with van der Waals surface area (Å²) in [6.07, 6.45) is 2.50. The number of halogens is 2. The van der Waals surface area contributed by atoms with E-state index in [9.17, 15) is 13.6 Å². The lowest BCUT2D eigenvalue weighted by Gasteiger charge is -2.38. The van der Waals surface area contributed by atoms with Crippen molar-refractivity contribution in [2.24, 2.45) is 0 Å². The number of benzene rings is 2. The van der Waals surface area contributed by atoms with E-state index >= 15 is 0 Å². The van der Waals surface area contributed by atoms with Crippen molar-refractivity contribution in [3.05, 3.63) is 81.1 Å². The first-order chi connectivity index (χ1) is 16.0. The van der Waals surface area contributed by atoms with Crippen molar-refractivity contribution in [3.63, 3.8) is 0 Å². The molecule has 0 radical (unpaired) electrons. The van der Waals surface area contributed by atoms with Crippen LogP contribution in [0, 0.1) is 11.6 Å². The van der Waals surface area contributed by atoms with Crippen LogP contribution in [0.3, 0.4) is 0 Å². The average Bonchev–Trinajstić information content (AvgIpc) is 2.81. The van der Waals surface area contributed by atoms with Crippen LogP contribution in [0.4, 0.5) is 8.78 Å². The van der Waals surface area contributed by atoms with Gasteiger partial charge in [0.15, 0.2) is 0 Å². The van der Waals surface area contributed by atoms with Crippen LogP contribution in [0.1, 0.15) is 42.5 Å². The molecule has 0 amide bonds. The van der Waals surface area contributed by atoms with E-state index < -0.39 is 11.6 Å². The molecule has 7 heteroatoms. The van der Waals surface area contributed by atoms with Gasteiger partial charge in [0.1, 0.15) is 11.6 Å². The number of ether oxygens (including phenoxy) is 1. The smallest absolute Gasteiger partial charge is 0.251 e. The van der Waals surface area contributed by atoms with Crippen LogP contribution in [0.15, 0.2) is 47.3 Å². The number of aromatic amines is 1. The van der Waals surface area contributed by atoms with Gasteiger partial charge in [-0.3, -0.25) is 9.69 Å². The van der Waals surface area contributed by atoms with Gasteiger partial charge >= 0.3 is 0 Å². The molecule has 5 nitrogen and oxygen atoms in total. The molecule has 1 saturated heterocycles. The molecular formula is C26H31F2N3O2. The third kappa shape index (κ3) is 5.32. The molecule has 1 fully saturated rings. The summed E-state index contributed by atoms with van der Waals surface area (Å²) >= 11 is 0. The van der Waals surface area contributed by atoms with E-state index in [1.54, 1.807) is 13.2 Å². The third-order valence-electron chi connectivity index (χ3n) is 6.53. The van der Waals surface area contributed by atoms with Crippen LogP contribution < -0.4 is 10.9 Å². The molecule has 3 aromatic rings. The molecule has 33 heavy (non-hydrogen) atoms. The maximum absolute atomic E-state index is 15.0. The van der Waals surface area contributed by atoms with E-state index in [4.69, 9.17) is 4.74 Å². The number of fused-ring (bicyclic) bond motifs is 1. The lowest BCUT2D eigenvalue weighted by atomic mass is 9.92. The van der Waals surface area contributed by atoms with Gasteiger partial charge in [0.05, 0.1) is 12.6 Å². The van der Waals surface area contributed by atoms with Crippen molar-refractivity contribution < 1.29 is 13.5 Å². The standard InChI is InChI=1S/C26H31F2N3O2/c1-3-17-14-19-15-18(4-7-24(19)30-26(17)32)25(22-6-5-20(27)16-23(22)28)31-11-8-21(9-12-31)29-10-13-33-2/h4-7,14-16,21,25,29H,3,8-13H2,1-2H3,(H,30,32). The van der Waals surface area contributed by atoms with Gasteiger partial charge in [0, 0.05) is 55.5 Å². The monoisotopic (exact) mass is 455 g/mol. The first-order valence-corrected chi connectivity index (χ1v) is 11.6. The fraction of sp³-hybridized carbons (Fsp3) is 0.423. The molecule has 0 spiro atoms. The number of rotatable bonds is 8. The number of pyridine rings is 1. The number of nitrogens with one attached hydrogen (secondary N) is 2. The zero-order valence-electron chi connectivity index (χ0n) is 19.2. The molecule has 1 atom stereocenters. The van der Waals surface area contributed by atoms with Gasteiger partial charge in [-0.25, -0.2) is 8.78 Å². The van der Waals surface area contributed by atoms with Crippen molar-refractivity contribution >= 4 is 10.9 Å². The zero-order chi connectivity index (χ0) is 23.4. The molecule has 1 unspecified atom stereocenters. The highest BCUT2D eigenvalue weighted by Gasteiger charge is 2.29. The Morgan fingerprint density at radius 2 is 1.94 bits per heavy atom. The minimum Gasteiger partial charge on any atom is -0.383 e. The molecule has 2 N–H and O–H groups in total.